The van der Waals surface area contributed by atoms with E-state index in [1.165, 1.54) is 36.4 Å². The summed E-state index contributed by atoms with van der Waals surface area (Å²) in [7, 11) is -7.36. The topological polar surface area (TPSA) is 106 Å². The molecular weight excluding hydrogens is 439 g/mol. The zero-order chi connectivity index (χ0) is 16.4. The lowest BCUT2D eigenvalue weighted by Crippen LogP contribution is -2.23. The lowest BCUT2D eigenvalue weighted by molar-refractivity contribution is 0.581. The van der Waals surface area contributed by atoms with Crippen LogP contribution < -0.4 is 9.86 Å². The molecule has 0 aliphatic carbocycles. The van der Waals surface area contributed by atoms with Gasteiger partial charge in [0.15, 0.2) is 0 Å². The summed E-state index contributed by atoms with van der Waals surface area (Å²) in [5.74, 6) is 0. The number of sulfonamides is 2. The maximum atomic E-state index is 12.1. The molecule has 2 rings (SSSR count). The predicted octanol–water partition coefficient (Wildman–Crippen LogP) is 1.42. The van der Waals surface area contributed by atoms with Crippen LogP contribution in [-0.4, -0.2) is 16.8 Å². The van der Waals surface area contributed by atoms with Crippen molar-refractivity contribution in [3.8, 4) is 0 Å². The molecule has 0 radical (unpaired) electrons. The summed E-state index contributed by atoms with van der Waals surface area (Å²) in [4.78, 5) is 0.158. The van der Waals surface area contributed by atoms with Crippen LogP contribution in [0, 0.1) is 3.57 Å². The molecule has 6 nitrogen and oxygen atoms in total. The van der Waals surface area contributed by atoms with E-state index in [1.54, 1.807) is 12.1 Å². The summed E-state index contributed by atoms with van der Waals surface area (Å²) >= 11 is 2.09. The Kier molecular flexibility index (Phi) is 5.22. The first-order valence-electron chi connectivity index (χ1n) is 6.05. The van der Waals surface area contributed by atoms with Crippen molar-refractivity contribution in [1.29, 1.82) is 0 Å². The smallest absolute Gasteiger partial charge is 0.225 e. The SMILES string of the molecule is NS(=O)(=O)c1ccc(CNS(=O)(=O)c2ccc(I)cc2)cc1. The minimum absolute atomic E-state index is 0.0169. The molecule has 0 spiro atoms. The highest BCUT2D eigenvalue weighted by Gasteiger charge is 2.13. The fourth-order valence-corrected chi connectivity index (χ4v) is 3.57. The minimum Gasteiger partial charge on any atom is -0.225 e. The van der Waals surface area contributed by atoms with Crippen LogP contribution in [0.3, 0.4) is 0 Å². The number of primary sulfonamides is 1. The monoisotopic (exact) mass is 452 g/mol. The van der Waals surface area contributed by atoms with Gasteiger partial charge in [-0.15, -0.1) is 0 Å². The third-order valence-electron chi connectivity index (χ3n) is 2.84. The Balaban J connectivity index is 2.10. The zero-order valence-corrected chi connectivity index (χ0v) is 15.0. The zero-order valence-electron chi connectivity index (χ0n) is 11.2. The molecule has 22 heavy (non-hydrogen) atoms. The highest BCUT2D eigenvalue weighted by Crippen LogP contribution is 2.13. The summed E-state index contributed by atoms with van der Waals surface area (Å²) in [6.45, 7) is 0.0548. The molecule has 2 aromatic carbocycles. The van der Waals surface area contributed by atoms with Crippen LogP contribution in [0.2, 0.25) is 0 Å². The highest BCUT2D eigenvalue weighted by atomic mass is 127. The molecule has 9 heteroatoms. The van der Waals surface area contributed by atoms with Crippen molar-refractivity contribution in [3.05, 3.63) is 57.7 Å². The van der Waals surface area contributed by atoms with Crippen LogP contribution in [0.1, 0.15) is 5.56 Å². The van der Waals surface area contributed by atoms with Crippen molar-refractivity contribution in [2.75, 3.05) is 0 Å². The van der Waals surface area contributed by atoms with E-state index in [0.29, 0.717) is 5.56 Å². The fraction of sp³-hybridized carbons (Fsp3) is 0.0769. The van der Waals surface area contributed by atoms with Gasteiger partial charge in [0.25, 0.3) is 0 Å². The standard InChI is InChI=1S/C13H13IN2O4S2/c14-11-3-7-13(8-4-11)22(19,20)16-9-10-1-5-12(6-2-10)21(15,17)18/h1-8,16H,9H2,(H2,15,17,18). The second kappa shape index (κ2) is 6.62. The third-order valence-corrected chi connectivity index (χ3v) is 5.91. The molecule has 0 unspecified atom stereocenters. The number of benzene rings is 2. The number of hydrogen-bond donors (Lipinski definition) is 2. The van der Waals surface area contributed by atoms with Gasteiger partial charge in [0, 0.05) is 10.1 Å². The predicted molar refractivity (Wildman–Crippen MR) is 91.0 cm³/mol. The van der Waals surface area contributed by atoms with Crippen LogP contribution >= 0.6 is 22.6 Å². The number of rotatable bonds is 5. The number of nitrogens with one attached hydrogen (secondary N) is 1. The molecule has 0 fully saturated rings. The van der Waals surface area contributed by atoms with E-state index in [1.807, 2.05) is 0 Å². The lowest BCUT2D eigenvalue weighted by Gasteiger charge is -2.07. The Hall–Kier alpha value is -1.01. The largest absolute Gasteiger partial charge is 0.240 e. The van der Waals surface area contributed by atoms with Gasteiger partial charge < -0.3 is 0 Å². The minimum atomic E-state index is -3.75. The van der Waals surface area contributed by atoms with E-state index in [9.17, 15) is 16.8 Å². The van der Waals surface area contributed by atoms with Gasteiger partial charge in [-0.1, -0.05) is 12.1 Å². The molecule has 0 heterocycles. The second-order valence-electron chi connectivity index (χ2n) is 4.47. The summed E-state index contributed by atoms with van der Waals surface area (Å²) in [6.07, 6.45) is 0. The molecule has 2 aromatic rings. The lowest BCUT2D eigenvalue weighted by atomic mass is 10.2. The maximum absolute atomic E-state index is 12.1. The number of hydrogen-bond acceptors (Lipinski definition) is 4. The van der Waals surface area contributed by atoms with E-state index in [-0.39, 0.29) is 16.3 Å². The van der Waals surface area contributed by atoms with E-state index in [0.717, 1.165) is 3.57 Å². The van der Waals surface area contributed by atoms with E-state index >= 15 is 0 Å². The van der Waals surface area contributed by atoms with Crippen molar-refractivity contribution in [3.63, 3.8) is 0 Å². The van der Waals surface area contributed by atoms with E-state index in [4.69, 9.17) is 5.14 Å². The van der Waals surface area contributed by atoms with Crippen LogP contribution in [0.5, 0.6) is 0 Å². The molecule has 0 saturated carbocycles. The maximum Gasteiger partial charge on any atom is 0.240 e. The van der Waals surface area contributed by atoms with Crippen LogP contribution in [-0.2, 0) is 26.6 Å². The van der Waals surface area contributed by atoms with Crippen LogP contribution in [0.25, 0.3) is 0 Å². The van der Waals surface area contributed by atoms with Gasteiger partial charge in [0.1, 0.15) is 0 Å². The molecule has 0 amide bonds. The Morgan fingerprint density at radius 2 is 1.36 bits per heavy atom. The van der Waals surface area contributed by atoms with Crippen molar-refractivity contribution >= 4 is 42.6 Å². The molecular formula is C13H13IN2O4S2. The first-order valence-corrected chi connectivity index (χ1v) is 10.2. The number of nitrogens with two attached hydrogens (primary N) is 1. The Morgan fingerprint density at radius 3 is 1.86 bits per heavy atom. The van der Waals surface area contributed by atoms with Crippen LogP contribution in [0.4, 0.5) is 0 Å². The quantitative estimate of drug-likeness (QED) is 0.670. The summed E-state index contributed by atoms with van der Waals surface area (Å²) in [5.41, 5.74) is 0.626. The van der Waals surface area contributed by atoms with Crippen molar-refractivity contribution < 1.29 is 16.8 Å². The molecule has 3 N–H and O–H groups in total. The molecule has 118 valence electrons. The van der Waals surface area contributed by atoms with Gasteiger partial charge in [-0.2, -0.15) is 0 Å². The molecule has 0 bridgehead atoms. The third kappa shape index (κ3) is 4.49. The highest BCUT2D eigenvalue weighted by molar-refractivity contribution is 14.1. The second-order valence-corrected chi connectivity index (χ2v) is 9.04. The fourth-order valence-electron chi connectivity index (χ4n) is 1.67. The first-order chi connectivity index (χ1) is 10.2. The Labute approximate surface area is 143 Å². The number of halogens is 1. The summed E-state index contributed by atoms with van der Waals surface area (Å²) in [6, 6.07) is 12.1. The molecule has 0 saturated heterocycles. The van der Waals surface area contributed by atoms with Gasteiger partial charge >= 0.3 is 0 Å². The van der Waals surface area contributed by atoms with Crippen molar-refractivity contribution in [1.82, 2.24) is 4.72 Å². The van der Waals surface area contributed by atoms with Gasteiger partial charge in [-0.3, -0.25) is 0 Å². The average molecular weight is 452 g/mol. The van der Waals surface area contributed by atoms with Crippen molar-refractivity contribution in [2.24, 2.45) is 5.14 Å². The Bertz CT molecular complexity index is 861. The molecule has 0 aliphatic heterocycles. The summed E-state index contributed by atoms with van der Waals surface area (Å²) < 4.78 is 49.9. The first kappa shape index (κ1) is 17.3. The molecule has 0 atom stereocenters. The normalized spacial score (nSPS) is 12.3. The molecule has 0 aliphatic rings. The average Bonchev–Trinajstić information content (AvgIpc) is 2.45. The van der Waals surface area contributed by atoms with Gasteiger partial charge in [0.05, 0.1) is 9.79 Å². The Morgan fingerprint density at radius 1 is 0.864 bits per heavy atom. The van der Waals surface area contributed by atoms with E-state index in [2.05, 4.69) is 27.3 Å². The van der Waals surface area contributed by atoms with Gasteiger partial charge in [0.2, 0.25) is 20.0 Å². The van der Waals surface area contributed by atoms with Gasteiger partial charge in [-0.05, 0) is 64.6 Å². The van der Waals surface area contributed by atoms with Crippen LogP contribution in [0.15, 0.2) is 58.3 Å². The summed E-state index contributed by atoms with van der Waals surface area (Å²) in [5, 5.41) is 5.00. The van der Waals surface area contributed by atoms with Gasteiger partial charge in [-0.25, -0.2) is 26.7 Å². The van der Waals surface area contributed by atoms with Crippen molar-refractivity contribution in [2.45, 2.75) is 16.3 Å². The van der Waals surface area contributed by atoms with E-state index < -0.39 is 20.0 Å². The molecule has 0 aromatic heterocycles.